The van der Waals surface area contributed by atoms with Gasteiger partial charge in [-0.1, -0.05) is 44.2 Å². The number of phenolic OH excluding ortho intramolecular Hbond substituents is 1. The molecule has 5 rings (SSSR count). The van der Waals surface area contributed by atoms with Gasteiger partial charge in [-0.25, -0.2) is 0 Å². The van der Waals surface area contributed by atoms with Crippen LogP contribution in [0.25, 0.3) is 23.0 Å². The van der Waals surface area contributed by atoms with Crippen LogP contribution in [-0.4, -0.2) is 50.5 Å². The van der Waals surface area contributed by atoms with Crippen molar-refractivity contribution in [3.05, 3.63) is 76.2 Å². The molecule has 3 aliphatic carbocycles. The summed E-state index contributed by atoms with van der Waals surface area (Å²) in [7, 11) is 1.81. The van der Waals surface area contributed by atoms with Crippen LogP contribution in [0.15, 0.2) is 59.5 Å². The Hall–Kier alpha value is -4.37. The number of carbonyl (C=O) groups is 3. The molecule has 0 spiro atoms. The van der Waals surface area contributed by atoms with Crippen molar-refractivity contribution in [2.24, 2.45) is 29.4 Å². The molecule has 208 valence electrons. The number of amides is 1. The minimum absolute atomic E-state index is 0.0733. The molecule has 9 heteroatoms. The van der Waals surface area contributed by atoms with Gasteiger partial charge < -0.3 is 31.5 Å². The first-order chi connectivity index (χ1) is 18.9. The van der Waals surface area contributed by atoms with E-state index in [1.165, 1.54) is 6.07 Å². The smallest absolute Gasteiger partial charge is 0.255 e. The monoisotopic (exact) mass is 544 g/mol. The second kappa shape index (κ2) is 9.67. The highest BCUT2D eigenvalue weighted by Gasteiger charge is 2.64. The lowest BCUT2D eigenvalue weighted by atomic mass is 9.54. The summed E-state index contributed by atoms with van der Waals surface area (Å²) in [5, 5.41) is 47.8. The number of aliphatic hydroxyl groups is 3. The third-order valence-corrected chi connectivity index (χ3v) is 8.52. The lowest BCUT2D eigenvalue weighted by Gasteiger charge is -2.50. The summed E-state index contributed by atoms with van der Waals surface area (Å²) in [4.78, 5) is 39.4. The van der Waals surface area contributed by atoms with E-state index in [0.29, 0.717) is 5.56 Å². The number of hydrogen-bond donors (Lipinski definition) is 6. The third kappa shape index (κ3) is 3.83. The van der Waals surface area contributed by atoms with Gasteiger partial charge in [0.25, 0.3) is 5.91 Å². The normalized spacial score (nSPS) is 26.2. The van der Waals surface area contributed by atoms with E-state index in [0.717, 1.165) is 16.7 Å². The third-order valence-electron chi connectivity index (χ3n) is 8.52. The number of aliphatic hydroxyl groups excluding tert-OH is 2. The molecule has 0 aliphatic heterocycles. The first kappa shape index (κ1) is 27.2. The topological polar surface area (TPSA) is 170 Å². The maximum absolute atomic E-state index is 14.0. The lowest BCUT2D eigenvalue weighted by molar-refractivity contribution is -0.155. The zero-order valence-electron chi connectivity index (χ0n) is 22.4. The Balaban J connectivity index is 1.68. The summed E-state index contributed by atoms with van der Waals surface area (Å²) in [5.41, 5.74) is 5.09. The van der Waals surface area contributed by atoms with Gasteiger partial charge in [0.05, 0.1) is 5.56 Å². The van der Waals surface area contributed by atoms with E-state index in [1.54, 1.807) is 27.0 Å². The Morgan fingerprint density at radius 1 is 1.10 bits per heavy atom. The van der Waals surface area contributed by atoms with Crippen LogP contribution in [0.1, 0.15) is 37.0 Å². The van der Waals surface area contributed by atoms with Crippen LogP contribution in [0.5, 0.6) is 5.75 Å². The van der Waals surface area contributed by atoms with Crippen molar-refractivity contribution in [2.75, 3.05) is 7.05 Å². The van der Waals surface area contributed by atoms with Crippen LogP contribution in [0.4, 0.5) is 0 Å². The second-order valence-corrected chi connectivity index (χ2v) is 11.1. The largest absolute Gasteiger partial charge is 0.508 e. The van der Waals surface area contributed by atoms with E-state index >= 15 is 0 Å². The first-order valence-electron chi connectivity index (χ1n) is 13.2. The number of ketones is 2. The van der Waals surface area contributed by atoms with Crippen molar-refractivity contribution < 1.29 is 34.8 Å². The van der Waals surface area contributed by atoms with Gasteiger partial charge in [0.15, 0.2) is 11.4 Å². The number of rotatable bonds is 5. The maximum atomic E-state index is 14.0. The molecule has 9 nitrogen and oxygen atoms in total. The molecule has 0 bridgehead atoms. The molecule has 1 saturated carbocycles. The van der Waals surface area contributed by atoms with Crippen molar-refractivity contribution in [1.82, 2.24) is 5.32 Å². The molecular weight excluding hydrogens is 512 g/mol. The van der Waals surface area contributed by atoms with Gasteiger partial charge in [-0.15, -0.1) is 0 Å². The molecule has 1 fully saturated rings. The van der Waals surface area contributed by atoms with Crippen molar-refractivity contribution in [2.45, 2.75) is 32.3 Å². The predicted octanol–water partition coefficient (Wildman–Crippen LogP) is 3.16. The molecule has 7 N–H and O–H groups in total. The predicted molar refractivity (Wildman–Crippen MR) is 149 cm³/mol. The number of Topliss-reactive ketones (excluding diaryl/α,β-unsaturated/α-hetero) is 2. The molecule has 3 aliphatic rings. The van der Waals surface area contributed by atoms with E-state index in [2.05, 4.69) is 5.32 Å². The summed E-state index contributed by atoms with van der Waals surface area (Å²) >= 11 is 0. The highest BCUT2D eigenvalue weighted by molar-refractivity contribution is 6.23. The molecule has 0 radical (unpaired) electrons. The van der Waals surface area contributed by atoms with Gasteiger partial charge in [-0.3, -0.25) is 14.4 Å². The molecule has 2 aromatic rings. The fourth-order valence-electron chi connectivity index (χ4n) is 6.71. The summed E-state index contributed by atoms with van der Waals surface area (Å²) in [6.07, 6.45) is 4.04. The number of aromatic hydroxyl groups is 1. The highest BCUT2D eigenvalue weighted by atomic mass is 16.3. The summed E-state index contributed by atoms with van der Waals surface area (Å²) in [6, 6.07) is 10.9. The quantitative estimate of drug-likeness (QED) is 0.312. The Morgan fingerprint density at radius 3 is 2.38 bits per heavy atom. The summed E-state index contributed by atoms with van der Waals surface area (Å²) in [6.45, 7) is 3.47. The fraction of sp³-hybridized carbons (Fsp3) is 0.323. The number of carbonyl (C=O) groups excluding carboxylic acids is 3. The number of hydrogen-bond acceptors (Lipinski definition) is 8. The molecule has 40 heavy (non-hydrogen) atoms. The van der Waals surface area contributed by atoms with Crippen LogP contribution in [0.2, 0.25) is 0 Å². The van der Waals surface area contributed by atoms with Gasteiger partial charge in [-0.05, 0) is 65.3 Å². The Morgan fingerprint density at radius 2 is 1.77 bits per heavy atom. The second-order valence-electron chi connectivity index (χ2n) is 11.1. The van der Waals surface area contributed by atoms with Crippen LogP contribution >= 0.6 is 0 Å². The van der Waals surface area contributed by atoms with Crippen molar-refractivity contribution in [1.29, 1.82) is 0 Å². The molecule has 2 aromatic carbocycles. The van der Waals surface area contributed by atoms with Gasteiger partial charge in [0.2, 0.25) is 5.78 Å². The summed E-state index contributed by atoms with van der Waals surface area (Å²) in [5.74, 6) is -7.76. The molecule has 4 atom stereocenters. The molecule has 0 heterocycles. The average Bonchev–Trinajstić information content (AvgIpc) is 2.89. The fourth-order valence-corrected chi connectivity index (χ4v) is 6.71. The summed E-state index contributed by atoms with van der Waals surface area (Å²) < 4.78 is 0. The molecule has 1 amide bonds. The van der Waals surface area contributed by atoms with E-state index < -0.39 is 57.9 Å². The number of nitrogens with one attached hydrogen (secondary N) is 1. The molecule has 0 saturated heterocycles. The Bertz CT molecular complexity index is 1530. The number of benzene rings is 2. The van der Waals surface area contributed by atoms with Gasteiger partial charge in [-0.2, -0.15) is 0 Å². The van der Waals surface area contributed by atoms with Gasteiger partial charge >= 0.3 is 0 Å². The van der Waals surface area contributed by atoms with Crippen molar-refractivity contribution >= 4 is 29.3 Å². The molecule has 0 unspecified atom stereocenters. The number of nitrogens with two attached hydrogens (primary N) is 1. The van der Waals surface area contributed by atoms with Crippen molar-refractivity contribution in [3.8, 4) is 16.9 Å². The maximum Gasteiger partial charge on any atom is 0.255 e. The Labute approximate surface area is 231 Å². The van der Waals surface area contributed by atoms with Crippen LogP contribution in [0, 0.1) is 23.7 Å². The van der Waals surface area contributed by atoms with Gasteiger partial charge in [0, 0.05) is 24.5 Å². The van der Waals surface area contributed by atoms with Crippen LogP contribution < -0.4 is 11.1 Å². The van der Waals surface area contributed by atoms with E-state index in [9.17, 15) is 34.8 Å². The average molecular weight is 545 g/mol. The minimum atomic E-state index is -2.62. The zero-order chi connectivity index (χ0) is 29.1. The highest BCUT2D eigenvalue weighted by Crippen LogP contribution is 2.55. The van der Waals surface area contributed by atoms with Crippen LogP contribution in [-0.2, 0) is 20.8 Å². The number of fused-ring (bicyclic) bond motifs is 3. The van der Waals surface area contributed by atoms with Crippen molar-refractivity contribution in [3.63, 3.8) is 0 Å². The van der Waals surface area contributed by atoms with E-state index in [-0.39, 0.29) is 35.6 Å². The lowest BCUT2D eigenvalue weighted by Crippen LogP contribution is -2.62. The zero-order valence-corrected chi connectivity index (χ0v) is 22.4. The van der Waals surface area contributed by atoms with E-state index in [4.69, 9.17) is 5.73 Å². The molecule has 0 aromatic heterocycles. The van der Waals surface area contributed by atoms with Crippen LogP contribution in [0.3, 0.4) is 0 Å². The Kier molecular flexibility index (Phi) is 6.58. The SMILES string of the molecule is CN/C=C\c1ccc(-c2ccc(O)c3c2C[C@H]2C[C@H]4[C@H](C(C)C)C(=O)C(C(N)=O)=C(O)[C@@]4(O)C(=O)C2=C3O)cc1. The molecular formula is C31H32N2O7. The van der Waals surface area contributed by atoms with E-state index in [1.807, 2.05) is 36.5 Å². The first-order valence-corrected chi connectivity index (χ1v) is 13.2. The number of primary amides is 1. The standard InChI is InChI=1S/C31H32N2O7/c1-14(2)22-20-13-17-12-19-18(16-6-4-15(5-7-16)10-11-33-3)8-9-21(34)24(19)27(36)23(17)28(37)31(20,40)29(38)25(26(22)35)30(32)39/h4-11,14,17,20,22,33-34,36,38,40H,12-13H2,1-3H3,(H2,32,39)/b11-10-/t17-,20-,22-,31-/m0/s1. The van der Waals surface area contributed by atoms with Gasteiger partial charge in [0.1, 0.15) is 22.8 Å². The number of phenols is 1. The minimum Gasteiger partial charge on any atom is -0.508 e.